The molecule has 1 amide bonds. The Hall–Kier alpha value is -1.14. The number of hydrogen-bond acceptors (Lipinski definition) is 5. The Morgan fingerprint density at radius 2 is 1.65 bits per heavy atom. The third-order valence-corrected chi connectivity index (χ3v) is 4.85. The van der Waals surface area contributed by atoms with Gasteiger partial charge in [-0.3, -0.25) is 9.59 Å². The van der Waals surface area contributed by atoms with Gasteiger partial charge in [0.1, 0.15) is 0 Å². The molecule has 0 unspecified atom stereocenters. The largest absolute Gasteiger partial charge is 0.469 e. The van der Waals surface area contributed by atoms with Gasteiger partial charge >= 0.3 is 5.97 Å². The first-order valence-corrected chi connectivity index (χ1v) is 7.32. The van der Waals surface area contributed by atoms with Gasteiger partial charge in [-0.15, -0.1) is 0 Å². The average Bonchev–Trinajstić information content (AvgIpc) is 3.07. The third-order valence-electron chi connectivity index (χ3n) is 4.85. The molecule has 3 fully saturated rings. The normalized spacial score (nSPS) is 37.2. The lowest BCUT2D eigenvalue weighted by Crippen LogP contribution is -2.52. The molecular weight excluding hydrogens is 260 g/mol. The predicted octanol–water partition coefficient (Wildman–Crippen LogP) is -0.273. The third kappa shape index (κ3) is 2.20. The fourth-order valence-electron chi connectivity index (χ4n) is 3.66. The number of likely N-dealkylation sites (N-methyl/N-ethyl adjacent to an activating group) is 1. The van der Waals surface area contributed by atoms with Crippen molar-refractivity contribution in [3.63, 3.8) is 0 Å². The van der Waals surface area contributed by atoms with Gasteiger partial charge in [0.05, 0.1) is 31.2 Å². The Labute approximate surface area is 119 Å². The fraction of sp³-hybridized carbons (Fsp3) is 0.857. The number of methoxy groups -OCH3 is 1. The monoisotopic (exact) mass is 282 g/mol. The standard InChI is InChI=1S/C14H22N2O4/c1-15-5-7-16(8-6-15)13(17)11-9-3-4-10(20-9)12(11)14(18)19-2/h9-12H,3-8H2,1-2H3/t9-,10+,11-,12+/m0/s1. The molecule has 0 saturated carbocycles. The highest BCUT2D eigenvalue weighted by atomic mass is 16.5. The van der Waals surface area contributed by atoms with Gasteiger partial charge in [0.2, 0.25) is 5.91 Å². The first kappa shape index (κ1) is 13.8. The Morgan fingerprint density at radius 1 is 1.05 bits per heavy atom. The summed E-state index contributed by atoms with van der Waals surface area (Å²) in [5.41, 5.74) is 0. The van der Waals surface area contributed by atoms with Crippen molar-refractivity contribution in [1.29, 1.82) is 0 Å². The number of hydrogen-bond donors (Lipinski definition) is 0. The maximum atomic E-state index is 12.7. The molecule has 6 heteroatoms. The van der Waals surface area contributed by atoms with E-state index >= 15 is 0 Å². The minimum Gasteiger partial charge on any atom is -0.469 e. The van der Waals surface area contributed by atoms with Gasteiger partial charge in [-0.05, 0) is 19.9 Å². The molecule has 3 saturated heterocycles. The summed E-state index contributed by atoms with van der Waals surface area (Å²) in [6.45, 7) is 3.24. The number of fused-ring (bicyclic) bond motifs is 2. The second-order valence-corrected chi connectivity index (χ2v) is 5.99. The predicted molar refractivity (Wildman–Crippen MR) is 71.0 cm³/mol. The minimum atomic E-state index is -0.411. The summed E-state index contributed by atoms with van der Waals surface area (Å²) in [5, 5.41) is 0. The number of piperazine rings is 1. The van der Waals surface area contributed by atoms with Crippen LogP contribution in [0.25, 0.3) is 0 Å². The van der Waals surface area contributed by atoms with Crippen LogP contribution in [-0.2, 0) is 19.1 Å². The molecule has 0 aromatic carbocycles. The molecule has 112 valence electrons. The molecule has 3 rings (SSSR count). The molecule has 3 aliphatic heterocycles. The zero-order valence-corrected chi connectivity index (χ0v) is 12.1. The Kier molecular flexibility index (Phi) is 3.69. The molecule has 0 aromatic rings. The van der Waals surface area contributed by atoms with Crippen molar-refractivity contribution in [2.24, 2.45) is 11.8 Å². The van der Waals surface area contributed by atoms with Crippen LogP contribution in [0.4, 0.5) is 0 Å². The second-order valence-electron chi connectivity index (χ2n) is 5.99. The summed E-state index contributed by atoms with van der Waals surface area (Å²) in [4.78, 5) is 28.8. The zero-order chi connectivity index (χ0) is 14.3. The van der Waals surface area contributed by atoms with Crippen molar-refractivity contribution in [3.8, 4) is 0 Å². The summed E-state index contributed by atoms with van der Waals surface area (Å²) in [6.07, 6.45) is 1.50. The SMILES string of the molecule is COC(=O)[C@H]1[C@@H](C(=O)N2CCN(C)CC2)[C@@H]2CC[C@H]1O2. The van der Waals surface area contributed by atoms with Gasteiger partial charge in [0.15, 0.2) is 0 Å². The number of nitrogens with zero attached hydrogens (tertiary/aromatic N) is 2. The molecule has 0 spiro atoms. The van der Waals surface area contributed by atoms with Crippen LogP contribution in [0.3, 0.4) is 0 Å². The van der Waals surface area contributed by atoms with E-state index in [0.29, 0.717) is 0 Å². The van der Waals surface area contributed by atoms with Crippen LogP contribution in [0.5, 0.6) is 0 Å². The lowest BCUT2D eigenvalue weighted by molar-refractivity contribution is -0.154. The van der Waals surface area contributed by atoms with Crippen molar-refractivity contribution in [1.82, 2.24) is 9.80 Å². The maximum Gasteiger partial charge on any atom is 0.312 e. The highest BCUT2D eigenvalue weighted by Crippen LogP contribution is 2.44. The second kappa shape index (κ2) is 5.33. The smallest absolute Gasteiger partial charge is 0.312 e. The highest BCUT2D eigenvalue weighted by Gasteiger charge is 2.56. The minimum absolute atomic E-state index is 0.0701. The molecule has 20 heavy (non-hydrogen) atoms. The van der Waals surface area contributed by atoms with Crippen LogP contribution in [-0.4, -0.2) is 74.2 Å². The summed E-state index contributed by atoms with van der Waals surface area (Å²) < 4.78 is 10.7. The van der Waals surface area contributed by atoms with Crippen molar-refractivity contribution < 1.29 is 19.1 Å². The number of rotatable bonds is 2. The lowest BCUT2D eigenvalue weighted by Gasteiger charge is -2.36. The van der Waals surface area contributed by atoms with E-state index in [9.17, 15) is 9.59 Å². The van der Waals surface area contributed by atoms with Crippen LogP contribution in [0.2, 0.25) is 0 Å². The van der Waals surface area contributed by atoms with E-state index in [1.54, 1.807) is 0 Å². The first-order valence-electron chi connectivity index (χ1n) is 7.32. The molecule has 0 N–H and O–H groups in total. The molecule has 0 radical (unpaired) electrons. The van der Waals surface area contributed by atoms with Gasteiger partial charge in [-0.25, -0.2) is 0 Å². The zero-order valence-electron chi connectivity index (χ0n) is 12.1. The number of esters is 1. The Morgan fingerprint density at radius 3 is 2.25 bits per heavy atom. The summed E-state index contributed by atoms with van der Waals surface area (Å²) >= 11 is 0. The lowest BCUT2D eigenvalue weighted by atomic mass is 9.78. The van der Waals surface area contributed by atoms with E-state index < -0.39 is 5.92 Å². The number of carbonyl (C=O) groups is 2. The number of ether oxygens (including phenoxy) is 2. The van der Waals surface area contributed by atoms with Crippen molar-refractivity contribution in [3.05, 3.63) is 0 Å². The molecule has 0 aromatic heterocycles. The van der Waals surface area contributed by atoms with Crippen molar-refractivity contribution in [2.45, 2.75) is 25.0 Å². The van der Waals surface area contributed by atoms with E-state index in [0.717, 1.165) is 39.0 Å². The maximum absolute atomic E-state index is 12.7. The van der Waals surface area contributed by atoms with E-state index in [2.05, 4.69) is 11.9 Å². The van der Waals surface area contributed by atoms with Crippen molar-refractivity contribution in [2.75, 3.05) is 40.3 Å². The molecule has 4 atom stereocenters. The Bertz CT molecular complexity index is 406. The van der Waals surface area contributed by atoms with Gasteiger partial charge in [-0.2, -0.15) is 0 Å². The van der Waals surface area contributed by atoms with Gasteiger partial charge in [-0.1, -0.05) is 0 Å². The molecule has 6 nitrogen and oxygen atoms in total. The van der Waals surface area contributed by atoms with Crippen LogP contribution in [0, 0.1) is 11.8 Å². The molecule has 3 heterocycles. The fourth-order valence-corrected chi connectivity index (χ4v) is 3.66. The average molecular weight is 282 g/mol. The molecular formula is C14H22N2O4. The topological polar surface area (TPSA) is 59.1 Å². The number of carbonyl (C=O) groups excluding carboxylic acids is 2. The van der Waals surface area contributed by atoms with E-state index in [4.69, 9.17) is 9.47 Å². The van der Waals surface area contributed by atoms with Gasteiger partial charge in [0.25, 0.3) is 0 Å². The molecule has 3 aliphatic rings. The van der Waals surface area contributed by atoms with Gasteiger partial charge < -0.3 is 19.3 Å². The van der Waals surface area contributed by atoms with E-state index in [-0.39, 0.29) is 30.0 Å². The van der Waals surface area contributed by atoms with Crippen LogP contribution < -0.4 is 0 Å². The van der Waals surface area contributed by atoms with Crippen LogP contribution in [0.1, 0.15) is 12.8 Å². The highest BCUT2D eigenvalue weighted by molar-refractivity contribution is 5.87. The van der Waals surface area contributed by atoms with Crippen molar-refractivity contribution >= 4 is 11.9 Å². The van der Waals surface area contributed by atoms with E-state index in [1.807, 2.05) is 4.90 Å². The quantitative estimate of drug-likeness (QED) is 0.652. The van der Waals surface area contributed by atoms with E-state index in [1.165, 1.54) is 7.11 Å². The van der Waals surface area contributed by atoms with Crippen LogP contribution in [0.15, 0.2) is 0 Å². The summed E-state index contributed by atoms with van der Waals surface area (Å²) in [5.74, 6) is -0.985. The number of amides is 1. The summed E-state index contributed by atoms with van der Waals surface area (Å²) in [7, 11) is 3.44. The summed E-state index contributed by atoms with van der Waals surface area (Å²) in [6, 6.07) is 0. The Balaban J connectivity index is 1.74. The van der Waals surface area contributed by atoms with Crippen LogP contribution >= 0.6 is 0 Å². The molecule has 0 aliphatic carbocycles. The first-order chi connectivity index (χ1) is 9.61. The van der Waals surface area contributed by atoms with Gasteiger partial charge in [0, 0.05) is 26.2 Å². The molecule has 2 bridgehead atoms.